The number of hydrogen-bond acceptors (Lipinski definition) is 4. The molecule has 1 aliphatic rings. The minimum atomic E-state index is -0.404. The van der Waals surface area contributed by atoms with E-state index in [0.717, 1.165) is 25.4 Å². The van der Waals surface area contributed by atoms with Crippen molar-refractivity contribution in [1.82, 2.24) is 4.90 Å². The largest absolute Gasteiger partial charge is 0.491 e. The van der Waals surface area contributed by atoms with E-state index >= 15 is 0 Å². The lowest BCUT2D eigenvalue weighted by molar-refractivity contribution is 0.00533. The second-order valence-electron chi connectivity index (χ2n) is 6.66. The second-order valence-corrected chi connectivity index (χ2v) is 6.66. The first-order valence-corrected chi connectivity index (χ1v) is 8.86. The number of hydrogen-bond donors (Lipinski definition) is 1. The minimum absolute atomic E-state index is 0.381. The van der Waals surface area contributed by atoms with Gasteiger partial charge >= 0.3 is 0 Å². The maximum absolute atomic E-state index is 9.99. The normalized spacial score (nSPS) is 17.4. The van der Waals surface area contributed by atoms with Crippen molar-refractivity contribution in [2.75, 3.05) is 39.5 Å². The van der Waals surface area contributed by atoms with Gasteiger partial charge in [0.25, 0.3) is 0 Å². The van der Waals surface area contributed by atoms with Crippen molar-refractivity contribution >= 4 is 0 Å². The van der Waals surface area contributed by atoms with E-state index in [1.165, 1.54) is 24.8 Å². The van der Waals surface area contributed by atoms with Gasteiger partial charge in [0.1, 0.15) is 12.4 Å². The first-order chi connectivity index (χ1) is 11.1. The van der Waals surface area contributed by atoms with Gasteiger partial charge < -0.3 is 19.5 Å². The molecule has 2 rings (SSSR count). The molecular weight excluding hydrogens is 290 g/mol. The van der Waals surface area contributed by atoms with Crippen LogP contribution in [-0.4, -0.2) is 55.6 Å². The molecule has 1 atom stereocenters. The Labute approximate surface area is 140 Å². The SMILES string of the molecule is CC(C)c1ccc(OCCOC[C@H](O)CN2CCCCC2)cc1. The highest BCUT2D eigenvalue weighted by Gasteiger charge is 2.14. The van der Waals surface area contributed by atoms with E-state index < -0.39 is 6.10 Å². The summed E-state index contributed by atoms with van der Waals surface area (Å²) in [5, 5.41) is 9.99. The lowest BCUT2D eigenvalue weighted by atomic mass is 10.0. The van der Waals surface area contributed by atoms with Crippen molar-refractivity contribution in [3.63, 3.8) is 0 Å². The molecule has 1 aromatic carbocycles. The lowest BCUT2D eigenvalue weighted by Gasteiger charge is -2.28. The minimum Gasteiger partial charge on any atom is -0.491 e. The Morgan fingerprint density at radius 2 is 1.74 bits per heavy atom. The third-order valence-electron chi connectivity index (χ3n) is 4.27. The van der Waals surface area contributed by atoms with Gasteiger partial charge in [-0.15, -0.1) is 0 Å². The van der Waals surface area contributed by atoms with Crippen LogP contribution in [0.3, 0.4) is 0 Å². The molecule has 0 spiro atoms. The van der Waals surface area contributed by atoms with Crippen molar-refractivity contribution in [3.05, 3.63) is 29.8 Å². The smallest absolute Gasteiger partial charge is 0.119 e. The average Bonchev–Trinajstić information content (AvgIpc) is 2.56. The second kappa shape index (κ2) is 9.91. The third-order valence-corrected chi connectivity index (χ3v) is 4.27. The summed E-state index contributed by atoms with van der Waals surface area (Å²) in [6.07, 6.45) is 3.41. The number of benzene rings is 1. The number of likely N-dealkylation sites (tertiary alicyclic amines) is 1. The average molecular weight is 321 g/mol. The van der Waals surface area contributed by atoms with Gasteiger partial charge in [0, 0.05) is 6.54 Å². The molecule has 1 aliphatic heterocycles. The summed E-state index contributed by atoms with van der Waals surface area (Å²) >= 11 is 0. The van der Waals surface area contributed by atoms with Gasteiger partial charge in [0.15, 0.2) is 0 Å². The molecule has 0 saturated carbocycles. The van der Waals surface area contributed by atoms with E-state index in [1.807, 2.05) is 12.1 Å². The monoisotopic (exact) mass is 321 g/mol. The van der Waals surface area contributed by atoms with Gasteiger partial charge in [-0.3, -0.25) is 0 Å². The van der Waals surface area contributed by atoms with Gasteiger partial charge in [0.2, 0.25) is 0 Å². The summed E-state index contributed by atoms with van der Waals surface area (Å²) in [4.78, 5) is 2.32. The van der Waals surface area contributed by atoms with Crippen LogP contribution in [-0.2, 0) is 4.74 Å². The fourth-order valence-electron chi connectivity index (χ4n) is 2.88. The van der Waals surface area contributed by atoms with E-state index in [4.69, 9.17) is 9.47 Å². The maximum Gasteiger partial charge on any atom is 0.119 e. The molecule has 0 unspecified atom stereocenters. The van der Waals surface area contributed by atoms with Gasteiger partial charge in [-0.2, -0.15) is 0 Å². The molecule has 0 aliphatic carbocycles. The Kier molecular flexibility index (Phi) is 7.86. The summed E-state index contributed by atoms with van der Waals surface area (Å²) in [7, 11) is 0. The predicted octanol–water partition coefficient (Wildman–Crippen LogP) is 3.05. The van der Waals surface area contributed by atoms with Crippen LogP contribution < -0.4 is 4.74 Å². The van der Waals surface area contributed by atoms with E-state index in [0.29, 0.717) is 25.7 Å². The third kappa shape index (κ3) is 6.90. The van der Waals surface area contributed by atoms with Gasteiger partial charge in [-0.25, -0.2) is 0 Å². The highest BCUT2D eigenvalue weighted by atomic mass is 16.5. The zero-order valence-electron chi connectivity index (χ0n) is 14.5. The predicted molar refractivity (Wildman–Crippen MR) is 93.1 cm³/mol. The highest BCUT2D eigenvalue weighted by Crippen LogP contribution is 2.18. The van der Waals surface area contributed by atoms with Crippen molar-refractivity contribution in [2.24, 2.45) is 0 Å². The van der Waals surface area contributed by atoms with Crippen LogP contribution in [0.25, 0.3) is 0 Å². The number of β-amino-alcohol motifs (C(OH)–C–C–N with tert-alkyl or cyclic N) is 1. The van der Waals surface area contributed by atoms with Gasteiger partial charge in [-0.05, 0) is 49.5 Å². The van der Waals surface area contributed by atoms with Crippen LogP contribution in [0.2, 0.25) is 0 Å². The van der Waals surface area contributed by atoms with Crippen molar-refractivity contribution in [3.8, 4) is 5.75 Å². The van der Waals surface area contributed by atoms with Crippen LogP contribution in [0, 0.1) is 0 Å². The van der Waals surface area contributed by atoms with E-state index in [1.54, 1.807) is 0 Å². The van der Waals surface area contributed by atoms with Gasteiger partial charge in [-0.1, -0.05) is 32.4 Å². The Hall–Kier alpha value is -1.10. The Morgan fingerprint density at radius 1 is 1.04 bits per heavy atom. The lowest BCUT2D eigenvalue weighted by Crippen LogP contribution is -2.38. The topological polar surface area (TPSA) is 41.9 Å². The molecule has 1 fully saturated rings. The van der Waals surface area contributed by atoms with Crippen LogP contribution >= 0.6 is 0 Å². The van der Waals surface area contributed by atoms with E-state index in [9.17, 15) is 5.11 Å². The summed E-state index contributed by atoms with van der Waals surface area (Å²) in [6, 6.07) is 8.20. The molecule has 1 aromatic rings. The first kappa shape index (κ1) is 18.2. The Balaban J connectivity index is 1.54. The van der Waals surface area contributed by atoms with E-state index in [-0.39, 0.29) is 0 Å². The summed E-state index contributed by atoms with van der Waals surface area (Å²) in [6.45, 7) is 8.68. The summed E-state index contributed by atoms with van der Waals surface area (Å²) in [5.41, 5.74) is 1.31. The van der Waals surface area contributed by atoms with Crippen LogP contribution in [0.15, 0.2) is 24.3 Å². The van der Waals surface area contributed by atoms with Crippen LogP contribution in [0.1, 0.15) is 44.6 Å². The van der Waals surface area contributed by atoms with Crippen molar-refractivity contribution in [1.29, 1.82) is 0 Å². The molecule has 0 amide bonds. The van der Waals surface area contributed by atoms with E-state index in [2.05, 4.69) is 30.9 Å². The van der Waals surface area contributed by atoms with Crippen LogP contribution in [0.5, 0.6) is 5.75 Å². The molecule has 0 aromatic heterocycles. The number of piperidine rings is 1. The standard InChI is InChI=1S/C19H31NO3/c1-16(2)17-6-8-19(9-7-17)23-13-12-22-15-18(21)14-20-10-4-3-5-11-20/h6-9,16,18,21H,3-5,10-15H2,1-2H3/t18-/m1/s1. The first-order valence-electron chi connectivity index (χ1n) is 8.86. The zero-order chi connectivity index (χ0) is 16.5. The molecule has 0 bridgehead atoms. The summed E-state index contributed by atoms with van der Waals surface area (Å²) < 4.78 is 11.2. The molecule has 0 radical (unpaired) electrons. The highest BCUT2D eigenvalue weighted by molar-refractivity contribution is 5.28. The molecule has 130 valence electrons. The molecule has 1 N–H and O–H groups in total. The maximum atomic E-state index is 9.99. The molecule has 1 heterocycles. The number of rotatable bonds is 9. The number of nitrogens with zero attached hydrogens (tertiary/aromatic N) is 1. The van der Waals surface area contributed by atoms with Crippen molar-refractivity contribution in [2.45, 2.75) is 45.1 Å². The molecular formula is C19H31NO3. The Bertz CT molecular complexity index is 427. The molecule has 4 nitrogen and oxygen atoms in total. The van der Waals surface area contributed by atoms with Crippen LogP contribution in [0.4, 0.5) is 0 Å². The van der Waals surface area contributed by atoms with Gasteiger partial charge in [0.05, 0.1) is 19.3 Å². The quantitative estimate of drug-likeness (QED) is 0.710. The fourth-order valence-corrected chi connectivity index (χ4v) is 2.88. The number of ether oxygens (including phenoxy) is 2. The molecule has 23 heavy (non-hydrogen) atoms. The summed E-state index contributed by atoms with van der Waals surface area (Å²) in [5.74, 6) is 1.40. The number of aliphatic hydroxyl groups is 1. The Morgan fingerprint density at radius 3 is 2.39 bits per heavy atom. The fraction of sp³-hybridized carbons (Fsp3) is 0.684. The molecule has 1 saturated heterocycles. The zero-order valence-corrected chi connectivity index (χ0v) is 14.5. The molecule has 4 heteroatoms. The van der Waals surface area contributed by atoms with Crippen molar-refractivity contribution < 1.29 is 14.6 Å². The number of aliphatic hydroxyl groups excluding tert-OH is 1.